The van der Waals surface area contributed by atoms with Gasteiger partial charge in [-0.05, 0) is 24.3 Å². The van der Waals surface area contributed by atoms with Crippen molar-refractivity contribution in [1.82, 2.24) is 14.9 Å². The first-order valence-corrected chi connectivity index (χ1v) is 8.82. The normalized spacial score (nSPS) is 10.9. The van der Waals surface area contributed by atoms with E-state index in [0.717, 1.165) is 22.2 Å². The molecule has 0 atom stereocenters. The van der Waals surface area contributed by atoms with Crippen molar-refractivity contribution in [3.8, 4) is 11.3 Å². The van der Waals surface area contributed by atoms with Crippen LogP contribution in [-0.2, 0) is 9.47 Å². The molecule has 6 nitrogen and oxygen atoms in total. The maximum Gasteiger partial charge on any atom is 0.254 e. The molecule has 0 fully saturated rings. The van der Waals surface area contributed by atoms with Crippen molar-refractivity contribution >= 4 is 16.8 Å². The van der Waals surface area contributed by atoms with Gasteiger partial charge in [0.25, 0.3) is 5.91 Å². The SMILES string of the molecule is COCCN(CCOC)C(=O)c1cc(-c2cccnc2)nc2ccccc12. The standard InChI is InChI=1S/C21H23N3O3/c1-26-12-10-24(11-13-27-2)21(25)18-14-20(16-6-5-9-22-15-16)23-19-8-4-3-7-17(18)19/h3-9,14-15H,10-13H2,1-2H3. The maximum absolute atomic E-state index is 13.3. The predicted octanol–water partition coefficient (Wildman–Crippen LogP) is 3.03. The number of carbonyl (C=O) groups excluding carboxylic acids is 1. The number of para-hydroxylation sites is 1. The lowest BCUT2D eigenvalue weighted by Crippen LogP contribution is -2.36. The van der Waals surface area contributed by atoms with Crippen LogP contribution in [0.1, 0.15) is 10.4 Å². The number of hydrogen-bond donors (Lipinski definition) is 0. The number of nitrogens with zero attached hydrogens (tertiary/aromatic N) is 3. The highest BCUT2D eigenvalue weighted by atomic mass is 16.5. The first-order valence-electron chi connectivity index (χ1n) is 8.82. The van der Waals surface area contributed by atoms with Crippen LogP contribution in [0, 0.1) is 0 Å². The second kappa shape index (κ2) is 9.21. The number of aromatic nitrogens is 2. The van der Waals surface area contributed by atoms with E-state index in [1.165, 1.54) is 0 Å². The molecule has 0 spiro atoms. The van der Waals surface area contributed by atoms with Crippen LogP contribution in [0.2, 0.25) is 0 Å². The average Bonchev–Trinajstić information content (AvgIpc) is 2.73. The second-order valence-corrected chi connectivity index (χ2v) is 6.09. The predicted molar refractivity (Wildman–Crippen MR) is 105 cm³/mol. The number of methoxy groups -OCH3 is 2. The van der Waals surface area contributed by atoms with Gasteiger partial charge in [-0.2, -0.15) is 0 Å². The summed E-state index contributed by atoms with van der Waals surface area (Å²) in [5.74, 6) is -0.0622. The van der Waals surface area contributed by atoms with Crippen molar-refractivity contribution in [3.05, 3.63) is 60.4 Å². The number of carbonyl (C=O) groups is 1. The molecule has 0 aliphatic heterocycles. The van der Waals surface area contributed by atoms with Crippen LogP contribution >= 0.6 is 0 Å². The number of amides is 1. The van der Waals surface area contributed by atoms with Crippen molar-refractivity contribution < 1.29 is 14.3 Å². The highest BCUT2D eigenvalue weighted by Crippen LogP contribution is 2.25. The van der Waals surface area contributed by atoms with Crippen LogP contribution in [0.3, 0.4) is 0 Å². The largest absolute Gasteiger partial charge is 0.383 e. The molecule has 0 saturated carbocycles. The van der Waals surface area contributed by atoms with Crippen LogP contribution < -0.4 is 0 Å². The molecular formula is C21H23N3O3. The molecule has 2 heterocycles. The lowest BCUT2D eigenvalue weighted by molar-refractivity contribution is 0.0629. The Hall–Kier alpha value is -2.83. The van der Waals surface area contributed by atoms with Gasteiger partial charge in [-0.25, -0.2) is 4.98 Å². The van der Waals surface area contributed by atoms with Crippen LogP contribution in [0.15, 0.2) is 54.9 Å². The summed E-state index contributed by atoms with van der Waals surface area (Å²) in [5.41, 5.74) is 2.99. The fourth-order valence-corrected chi connectivity index (χ4v) is 2.90. The molecule has 1 amide bonds. The molecule has 140 valence electrons. The van der Waals surface area contributed by atoms with Gasteiger partial charge in [-0.1, -0.05) is 18.2 Å². The van der Waals surface area contributed by atoms with Gasteiger partial charge in [0.15, 0.2) is 0 Å². The Balaban J connectivity index is 2.06. The van der Waals surface area contributed by atoms with E-state index >= 15 is 0 Å². The summed E-state index contributed by atoms with van der Waals surface area (Å²) in [6.45, 7) is 1.93. The molecule has 0 aliphatic carbocycles. The molecule has 0 radical (unpaired) electrons. The van der Waals surface area contributed by atoms with Gasteiger partial charge in [0.1, 0.15) is 0 Å². The van der Waals surface area contributed by atoms with E-state index in [4.69, 9.17) is 14.5 Å². The molecule has 0 bridgehead atoms. The third-order valence-electron chi connectivity index (χ3n) is 4.32. The Morgan fingerprint density at radius 1 is 1.04 bits per heavy atom. The van der Waals surface area contributed by atoms with Gasteiger partial charge < -0.3 is 14.4 Å². The Kier molecular flexibility index (Phi) is 6.46. The van der Waals surface area contributed by atoms with Gasteiger partial charge >= 0.3 is 0 Å². The zero-order valence-corrected chi connectivity index (χ0v) is 15.6. The van der Waals surface area contributed by atoms with Crippen LogP contribution in [0.4, 0.5) is 0 Å². The highest BCUT2D eigenvalue weighted by molar-refractivity contribution is 6.07. The van der Waals surface area contributed by atoms with Crippen molar-refractivity contribution in [2.75, 3.05) is 40.5 Å². The van der Waals surface area contributed by atoms with Crippen molar-refractivity contribution in [2.24, 2.45) is 0 Å². The third kappa shape index (κ3) is 4.48. The minimum absolute atomic E-state index is 0.0622. The smallest absolute Gasteiger partial charge is 0.254 e. The molecule has 0 aliphatic rings. The number of hydrogen-bond acceptors (Lipinski definition) is 5. The minimum Gasteiger partial charge on any atom is -0.383 e. The molecule has 27 heavy (non-hydrogen) atoms. The Morgan fingerprint density at radius 3 is 2.44 bits per heavy atom. The molecule has 3 aromatic rings. The summed E-state index contributed by atoms with van der Waals surface area (Å²) in [6, 6.07) is 13.3. The van der Waals surface area contributed by atoms with Crippen molar-refractivity contribution in [3.63, 3.8) is 0 Å². The summed E-state index contributed by atoms with van der Waals surface area (Å²) in [7, 11) is 3.25. The first kappa shape index (κ1) is 18.9. The Bertz CT molecular complexity index is 892. The van der Waals surface area contributed by atoms with E-state index in [2.05, 4.69) is 4.98 Å². The van der Waals surface area contributed by atoms with Gasteiger partial charge in [0.05, 0.1) is 30.0 Å². The van der Waals surface area contributed by atoms with Gasteiger partial charge in [0.2, 0.25) is 0 Å². The van der Waals surface area contributed by atoms with E-state index < -0.39 is 0 Å². The van der Waals surface area contributed by atoms with Crippen LogP contribution in [0.25, 0.3) is 22.2 Å². The van der Waals surface area contributed by atoms with E-state index in [1.807, 2.05) is 42.5 Å². The Morgan fingerprint density at radius 2 is 1.78 bits per heavy atom. The van der Waals surface area contributed by atoms with Crippen molar-refractivity contribution in [2.45, 2.75) is 0 Å². The summed E-state index contributed by atoms with van der Waals surface area (Å²) in [4.78, 5) is 24.0. The van der Waals surface area contributed by atoms with E-state index in [9.17, 15) is 4.79 Å². The lowest BCUT2D eigenvalue weighted by Gasteiger charge is -2.23. The first-order chi connectivity index (χ1) is 13.2. The number of benzene rings is 1. The summed E-state index contributed by atoms with van der Waals surface area (Å²) >= 11 is 0. The molecule has 2 aromatic heterocycles. The maximum atomic E-state index is 13.3. The fourth-order valence-electron chi connectivity index (χ4n) is 2.90. The monoisotopic (exact) mass is 365 g/mol. The molecule has 3 rings (SSSR count). The second-order valence-electron chi connectivity index (χ2n) is 6.09. The van der Waals surface area contributed by atoms with E-state index in [0.29, 0.717) is 31.9 Å². The third-order valence-corrected chi connectivity index (χ3v) is 4.32. The number of rotatable bonds is 8. The van der Waals surface area contributed by atoms with Gasteiger partial charge in [-0.3, -0.25) is 9.78 Å². The quantitative estimate of drug-likeness (QED) is 0.614. The highest BCUT2D eigenvalue weighted by Gasteiger charge is 2.20. The molecular weight excluding hydrogens is 342 g/mol. The average molecular weight is 365 g/mol. The van der Waals surface area contributed by atoms with Crippen molar-refractivity contribution in [1.29, 1.82) is 0 Å². The number of pyridine rings is 2. The molecule has 6 heteroatoms. The lowest BCUT2D eigenvalue weighted by atomic mass is 10.0. The van der Waals surface area contributed by atoms with Gasteiger partial charge in [-0.15, -0.1) is 0 Å². The Labute approximate surface area is 158 Å². The van der Waals surface area contributed by atoms with E-state index in [-0.39, 0.29) is 5.91 Å². The molecule has 1 aromatic carbocycles. The zero-order valence-electron chi connectivity index (χ0n) is 15.6. The summed E-state index contributed by atoms with van der Waals surface area (Å²) in [6.07, 6.45) is 3.47. The number of fused-ring (bicyclic) bond motifs is 1. The van der Waals surface area contributed by atoms with Crippen LogP contribution in [-0.4, -0.2) is 61.3 Å². The topological polar surface area (TPSA) is 64.6 Å². The minimum atomic E-state index is -0.0622. The van der Waals surface area contributed by atoms with E-state index in [1.54, 1.807) is 31.5 Å². The summed E-state index contributed by atoms with van der Waals surface area (Å²) < 4.78 is 10.3. The summed E-state index contributed by atoms with van der Waals surface area (Å²) in [5, 5.41) is 0.829. The van der Waals surface area contributed by atoms with Gasteiger partial charge in [0, 0.05) is 50.7 Å². The fraction of sp³-hybridized carbons (Fsp3) is 0.286. The number of ether oxygens (including phenoxy) is 2. The van der Waals surface area contributed by atoms with Crippen LogP contribution in [0.5, 0.6) is 0 Å². The molecule has 0 unspecified atom stereocenters. The molecule has 0 saturated heterocycles. The zero-order chi connectivity index (χ0) is 19.1. The molecule has 0 N–H and O–H groups in total.